The number of halogens is 1. The van der Waals surface area contributed by atoms with Crippen molar-refractivity contribution in [2.24, 2.45) is 7.05 Å². The molecule has 0 aliphatic rings. The second kappa shape index (κ2) is 5.61. The number of aryl methyl sites for hydroxylation is 4. The van der Waals surface area contributed by atoms with Crippen LogP contribution in [0.25, 0.3) is 0 Å². The zero-order valence-corrected chi connectivity index (χ0v) is 13.5. The molecule has 1 N–H and O–H groups in total. The Morgan fingerprint density at radius 3 is 2.47 bits per heavy atom. The Morgan fingerprint density at radius 1 is 1.32 bits per heavy atom. The smallest absolute Gasteiger partial charge is 0.0900 e. The van der Waals surface area contributed by atoms with Gasteiger partial charge in [-0.3, -0.25) is 4.68 Å². The zero-order valence-electron chi connectivity index (χ0n) is 11.9. The predicted molar refractivity (Wildman–Crippen MR) is 79.8 cm³/mol. The average Bonchev–Trinajstić information content (AvgIpc) is 2.78. The first-order valence-electron chi connectivity index (χ1n) is 6.25. The van der Waals surface area contributed by atoms with Gasteiger partial charge in [0, 0.05) is 24.5 Å². The quantitative estimate of drug-likeness (QED) is 0.942. The summed E-state index contributed by atoms with van der Waals surface area (Å²) in [6, 6.07) is 0.262. The second-order valence-electron chi connectivity index (χ2n) is 4.75. The molecule has 0 radical (unpaired) electrons. The van der Waals surface area contributed by atoms with Gasteiger partial charge >= 0.3 is 0 Å². The molecule has 0 amide bonds. The summed E-state index contributed by atoms with van der Waals surface area (Å²) in [5, 5.41) is 9.66. The summed E-state index contributed by atoms with van der Waals surface area (Å²) in [5.74, 6) is 0. The molecule has 2 rings (SSSR count). The largest absolute Gasteiger partial charge is 0.304 e. The minimum Gasteiger partial charge on any atom is -0.304 e. The third-order valence-corrected chi connectivity index (χ3v) is 4.92. The van der Waals surface area contributed by atoms with Gasteiger partial charge in [0.1, 0.15) is 0 Å². The highest BCUT2D eigenvalue weighted by Gasteiger charge is 2.15. The fraction of sp³-hybridized carbons (Fsp3) is 0.538. The Balaban J connectivity index is 2.08. The van der Waals surface area contributed by atoms with Crippen molar-refractivity contribution in [3.05, 3.63) is 32.0 Å². The lowest BCUT2D eigenvalue weighted by molar-refractivity contribution is 0.552. The van der Waals surface area contributed by atoms with Gasteiger partial charge < -0.3 is 5.32 Å². The van der Waals surface area contributed by atoms with E-state index >= 15 is 0 Å². The number of rotatable bonds is 4. The van der Waals surface area contributed by atoms with Gasteiger partial charge in [-0.15, -0.1) is 11.3 Å². The molecule has 2 aromatic rings. The summed E-state index contributed by atoms with van der Waals surface area (Å²) in [6.45, 7) is 8.87. The summed E-state index contributed by atoms with van der Waals surface area (Å²) < 4.78 is 1.84. The molecule has 1 atom stereocenters. The highest BCUT2D eigenvalue weighted by atomic mass is 35.5. The van der Waals surface area contributed by atoms with Crippen molar-refractivity contribution in [2.45, 2.75) is 40.3 Å². The summed E-state index contributed by atoms with van der Waals surface area (Å²) >= 11 is 7.99. The van der Waals surface area contributed by atoms with E-state index in [1.54, 1.807) is 11.3 Å². The molecule has 0 bridgehead atoms. The minimum absolute atomic E-state index is 0.262. The third kappa shape index (κ3) is 2.99. The molecule has 0 saturated heterocycles. The first kappa shape index (κ1) is 14.5. The Morgan fingerprint density at radius 2 is 2.00 bits per heavy atom. The number of hydrogen-bond acceptors (Lipinski definition) is 4. The molecule has 0 aromatic carbocycles. The lowest BCUT2D eigenvalue weighted by atomic mass is 10.2. The Hall–Kier alpha value is -0.910. The van der Waals surface area contributed by atoms with Crippen molar-refractivity contribution in [1.29, 1.82) is 0 Å². The van der Waals surface area contributed by atoms with E-state index in [0.717, 1.165) is 27.1 Å². The maximum atomic E-state index is 6.25. The molecule has 1 unspecified atom stereocenters. The number of nitrogens with one attached hydrogen (secondary N) is 1. The predicted octanol–water partition coefficient (Wildman–Crippen LogP) is 3.31. The van der Waals surface area contributed by atoms with Gasteiger partial charge in [0.05, 0.1) is 27.1 Å². The van der Waals surface area contributed by atoms with Crippen LogP contribution in [0.3, 0.4) is 0 Å². The second-order valence-corrected chi connectivity index (χ2v) is 6.37. The lowest BCUT2D eigenvalue weighted by Crippen LogP contribution is -2.19. The molecular weight excluding hydrogens is 280 g/mol. The monoisotopic (exact) mass is 298 g/mol. The van der Waals surface area contributed by atoms with E-state index in [2.05, 4.69) is 29.2 Å². The van der Waals surface area contributed by atoms with Crippen molar-refractivity contribution in [3.63, 3.8) is 0 Å². The van der Waals surface area contributed by atoms with Gasteiger partial charge in [0.2, 0.25) is 0 Å². The van der Waals surface area contributed by atoms with Gasteiger partial charge in [-0.1, -0.05) is 11.6 Å². The molecule has 0 aliphatic carbocycles. The maximum Gasteiger partial charge on any atom is 0.0900 e. The van der Waals surface area contributed by atoms with Gasteiger partial charge in [-0.25, -0.2) is 4.98 Å². The molecule has 6 heteroatoms. The van der Waals surface area contributed by atoms with Crippen molar-refractivity contribution in [2.75, 3.05) is 0 Å². The number of hydrogen-bond donors (Lipinski definition) is 1. The minimum atomic E-state index is 0.262. The van der Waals surface area contributed by atoms with Crippen molar-refractivity contribution in [3.8, 4) is 0 Å². The van der Waals surface area contributed by atoms with Gasteiger partial charge in [0.25, 0.3) is 0 Å². The molecular formula is C13H19ClN4S. The molecule has 0 fully saturated rings. The first-order chi connectivity index (χ1) is 8.90. The summed E-state index contributed by atoms with van der Waals surface area (Å²) in [6.07, 6.45) is 0. The molecule has 19 heavy (non-hydrogen) atoms. The first-order valence-corrected chi connectivity index (χ1v) is 7.45. The van der Waals surface area contributed by atoms with Crippen molar-refractivity contribution < 1.29 is 0 Å². The fourth-order valence-corrected chi connectivity index (χ4v) is 3.34. The standard InChI is InChI=1S/C13H19ClN4S/c1-7-12(14)11(18(5)17-7)6-15-8(2)13-9(3)16-10(4)19-13/h8,15H,6H2,1-5H3. The highest BCUT2D eigenvalue weighted by molar-refractivity contribution is 7.11. The van der Waals surface area contributed by atoms with Crippen LogP contribution in [0.4, 0.5) is 0 Å². The van der Waals surface area contributed by atoms with E-state index in [4.69, 9.17) is 11.6 Å². The molecule has 0 saturated carbocycles. The van der Waals surface area contributed by atoms with E-state index in [0.29, 0.717) is 6.54 Å². The van der Waals surface area contributed by atoms with Gasteiger partial charge in [-0.2, -0.15) is 5.10 Å². The highest BCUT2D eigenvalue weighted by Crippen LogP contribution is 2.25. The van der Waals surface area contributed by atoms with Crippen LogP contribution in [0.5, 0.6) is 0 Å². The van der Waals surface area contributed by atoms with E-state index < -0.39 is 0 Å². The number of thiazole rings is 1. The van der Waals surface area contributed by atoms with E-state index in [1.807, 2.05) is 25.6 Å². The normalized spacial score (nSPS) is 12.9. The van der Waals surface area contributed by atoms with Crippen LogP contribution in [-0.2, 0) is 13.6 Å². The Labute approximate surface area is 122 Å². The third-order valence-electron chi connectivity index (χ3n) is 3.17. The molecule has 2 heterocycles. The van der Waals surface area contributed by atoms with Crippen LogP contribution in [0.15, 0.2) is 0 Å². The van der Waals surface area contributed by atoms with E-state index in [-0.39, 0.29) is 6.04 Å². The Bertz CT molecular complexity index is 588. The summed E-state index contributed by atoms with van der Waals surface area (Å²) in [7, 11) is 1.92. The fourth-order valence-electron chi connectivity index (χ4n) is 2.16. The summed E-state index contributed by atoms with van der Waals surface area (Å²) in [5.41, 5.74) is 3.00. The molecule has 0 spiro atoms. The van der Waals surface area contributed by atoms with Crippen LogP contribution in [0.1, 0.15) is 39.9 Å². The van der Waals surface area contributed by atoms with Crippen LogP contribution < -0.4 is 5.32 Å². The zero-order chi connectivity index (χ0) is 14.2. The average molecular weight is 299 g/mol. The van der Waals surface area contributed by atoms with E-state index in [9.17, 15) is 0 Å². The lowest BCUT2D eigenvalue weighted by Gasteiger charge is -2.13. The van der Waals surface area contributed by atoms with Gasteiger partial charge in [-0.05, 0) is 27.7 Å². The van der Waals surface area contributed by atoms with Crippen molar-refractivity contribution in [1.82, 2.24) is 20.1 Å². The summed E-state index contributed by atoms with van der Waals surface area (Å²) in [4.78, 5) is 5.75. The van der Waals surface area contributed by atoms with Crippen LogP contribution in [0, 0.1) is 20.8 Å². The molecule has 4 nitrogen and oxygen atoms in total. The maximum absolute atomic E-state index is 6.25. The topological polar surface area (TPSA) is 42.7 Å². The molecule has 2 aromatic heterocycles. The van der Waals surface area contributed by atoms with Gasteiger partial charge in [0.15, 0.2) is 0 Å². The van der Waals surface area contributed by atoms with E-state index in [1.165, 1.54) is 4.88 Å². The van der Waals surface area contributed by atoms with Crippen LogP contribution in [-0.4, -0.2) is 14.8 Å². The SMILES string of the molecule is Cc1nc(C)c(C(C)NCc2c(Cl)c(C)nn2C)s1. The number of nitrogens with zero attached hydrogens (tertiary/aromatic N) is 3. The molecule has 0 aliphatic heterocycles. The number of aromatic nitrogens is 3. The van der Waals surface area contributed by atoms with Crippen LogP contribution in [0.2, 0.25) is 5.02 Å². The molecule has 104 valence electrons. The van der Waals surface area contributed by atoms with Crippen molar-refractivity contribution >= 4 is 22.9 Å². The Kier molecular flexibility index (Phi) is 4.28. The van der Waals surface area contributed by atoms with Crippen LogP contribution >= 0.6 is 22.9 Å².